The fraction of sp³-hybridized carbons (Fsp3) is 0.333. The number of carbonyl (C=O) groups is 1. The summed E-state index contributed by atoms with van der Waals surface area (Å²) in [6.45, 7) is 4.40. The molecule has 94 valence electrons. The summed E-state index contributed by atoms with van der Waals surface area (Å²) in [5.41, 5.74) is 1.63. The number of hydrogen-bond acceptors (Lipinski definition) is 3. The van der Waals surface area contributed by atoms with Crippen LogP contribution in [0.1, 0.15) is 30.6 Å². The topological polar surface area (TPSA) is 39.2 Å². The van der Waals surface area contributed by atoms with Crippen LogP contribution < -0.4 is 0 Å². The number of fused-ring (bicyclic) bond motifs is 1. The zero-order chi connectivity index (χ0) is 13.0. The third kappa shape index (κ3) is 3.14. The zero-order valence-corrected chi connectivity index (χ0v) is 10.7. The van der Waals surface area contributed by atoms with Gasteiger partial charge < -0.3 is 4.74 Å². The van der Waals surface area contributed by atoms with Gasteiger partial charge >= 0.3 is 0 Å². The Hall–Kier alpha value is -1.74. The van der Waals surface area contributed by atoms with E-state index in [1.54, 1.807) is 6.20 Å². The SMILES string of the molecule is CC(C)OCCC(=O)c1ccc2ncccc2c1. The Labute approximate surface area is 107 Å². The van der Waals surface area contributed by atoms with Crippen LogP contribution in [-0.2, 0) is 4.74 Å². The van der Waals surface area contributed by atoms with Crippen molar-refractivity contribution in [2.24, 2.45) is 0 Å². The van der Waals surface area contributed by atoms with Crippen molar-refractivity contribution in [2.45, 2.75) is 26.4 Å². The quantitative estimate of drug-likeness (QED) is 0.757. The van der Waals surface area contributed by atoms with Crippen LogP contribution in [0.4, 0.5) is 0 Å². The van der Waals surface area contributed by atoms with Gasteiger partial charge in [0, 0.05) is 23.6 Å². The van der Waals surface area contributed by atoms with Gasteiger partial charge in [0.1, 0.15) is 0 Å². The van der Waals surface area contributed by atoms with E-state index in [9.17, 15) is 4.79 Å². The number of benzene rings is 1. The van der Waals surface area contributed by atoms with Gasteiger partial charge in [0.15, 0.2) is 5.78 Å². The van der Waals surface area contributed by atoms with E-state index in [1.165, 1.54) is 0 Å². The van der Waals surface area contributed by atoms with Gasteiger partial charge in [-0.25, -0.2) is 0 Å². The average Bonchev–Trinajstić information content (AvgIpc) is 2.37. The first kappa shape index (κ1) is 12.7. The monoisotopic (exact) mass is 243 g/mol. The van der Waals surface area contributed by atoms with Crippen LogP contribution in [-0.4, -0.2) is 23.5 Å². The van der Waals surface area contributed by atoms with Crippen LogP contribution in [0, 0.1) is 0 Å². The minimum atomic E-state index is 0.112. The lowest BCUT2D eigenvalue weighted by Crippen LogP contribution is -2.09. The van der Waals surface area contributed by atoms with E-state index >= 15 is 0 Å². The van der Waals surface area contributed by atoms with Crippen molar-refractivity contribution in [1.29, 1.82) is 0 Å². The van der Waals surface area contributed by atoms with E-state index in [-0.39, 0.29) is 11.9 Å². The molecule has 0 unspecified atom stereocenters. The largest absolute Gasteiger partial charge is 0.378 e. The summed E-state index contributed by atoms with van der Waals surface area (Å²) in [6.07, 6.45) is 2.34. The third-order valence-corrected chi connectivity index (χ3v) is 2.71. The van der Waals surface area contributed by atoms with Crippen molar-refractivity contribution in [2.75, 3.05) is 6.61 Å². The highest BCUT2D eigenvalue weighted by atomic mass is 16.5. The summed E-state index contributed by atoms with van der Waals surface area (Å²) in [7, 11) is 0. The molecule has 0 saturated heterocycles. The number of ether oxygens (including phenoxy) is 1. The Bertz CT molecular complexity index is 549. The Kier molecular flexibility index (Phi) is 4.05. The smallest absolute Gasteiger partial charge is 0.165 e. The molecule has 1 aromatic carbocycles. The molecule has 0 atom stereocenters. The van der Waals surface area contributed by atoms with Crippen LogP contribution in [0.2, 0.25) is 0 Å². The van der Waals surface area contributed by atoms with Crippen LogP contribution in [0.25, 0.3) is 10.9 Å². The van der Waals surface area contributed by atoms with E-state index in [0.29, 0.717) is 13.0 Å². The van der Waals surface area contributed by atoms with Crippen molar-refractivity contribution in [3.05, 3.63) is 42.1 Å². The maximum Gasteiger partial charge on any atom is 0.165 e. The molecular weight excluding hydrogens is 226 g/mol. The molecule has 0 radical (unpaired) electrons. The van der Waals surface area contributed by atoms with E-state index in [1.807, 2.05) is 44.2 Å². The molecule has 2 aromatic rings. The number of carbonyl (C=O) groups excluding carboxylic acids is 1. The molecule has 1 heterocycles. The maximum absolute atomic E-state index is 12.0. The summed E-state index contributed by atoms with van der Waals surface area (Å²) in [5.74, 6) is 0.112. The number of hydrogen-bond donors (Lipinski definition) is 0. The summed E-state index contributed by atoms with van der Waals surface area (Å²) in [5, 5.41) is 0.994. The molecule has 0 saturated carbocycles. The van der Waals surface area contributed by atoms with E-state index < -0.39 is 0 Å². The van der Waals surface area contributed by atoms with Gasteiger partial charge in [-0.3, -0.25) is 9.78 Å². The number of aromatic nitrogens is 1. The number of rotatable bonds is 5. The standard InChI is InChI=1S/C15H17NO2/c1-11(2)18-9-7-15(17)13-5-6-14-12(10-13)4-3-8-16-14/h3-6,8,10-11H,7,9H2,1-2H3. The molecule has 0 N–H and O–H groups in total. The fourth-order valence-corrected chi connectivity index (χ4v) is 1.78. The number of Topliss-reactive ketones (excluding diaryl/α,β-unsaturated/α-hetero) is 1. The van der Waals surface area contributed by atoms with Crippen molar-refractivity contribution >= 4 is 16.7 Å². The molecule has 3 heteroatoms. The Morgan fingerprint density at radius 2 is 2.17 bits per heavy atom. The highest BCUT2D eigenvalue weighted by molar-refractivity contribution is 5.99. The Morgan fingerprint density at radius 1 is 1.33 bits per heavy atom. The van der Waals surface area contributed by atoms with Crippen molar-refractivity contribution < 1.29 is 9.53 Å². The van der Waals surface area contributed by atoms with Gasteiger partial charge in [-0.1, -0.05) is 6.07 Å². The molecule has 2 rings (SSSR count). The molecule has 0 fully saturated rings. The molecule has 0 spiro atoms. The molecule has 0 aliphatic rings. The second-order valence-electron chi connectivity index (χ2n) is 4.50. The summed E-state index contributed by atoms with van der Waals surface area (Å²) < 4.78 is 5.39. The second kappa shape index (κ2) is 5.74. The van der Waals surface area contributed by atoms with Gasteiger partial charge in [-0.05, 0) is 38.1 Å². The van der Waals surface area contributed by atoms with Crippen LogP contribution in [0.5, 0.6) is 0 Å². The minimum absolute atomic E-state index is 0.112. The molecule has 0 aliphatic heterocycles. The number of pyridine rings is 1. The molecule has 3 nitrogen and oxygen atoms in total. The van der Waals surface area contributed by atoms with Crippen molar-refractivity contribution in [3.8, 4) is 0 Å². The van der Waals surface area contributed by atoms with Gasteiger partial charge in [0.2, 0.25) is 0 Å². The van der Waals surface area contributed by atoms with Crippen molar-refractivity contribution in [3.63, 3.8) is 0 Å². The van der Waals surface area contributed by atoms with Crippen LogP contribution in [0.15, 0.2) is 36.5 Å². The predicted molar refractivity (Wildman–Crippen MR) is 71.8 cm³/mol. The molecule has 18 heavy (non-hydrogen) atoms. The molecule has 1 aromatic heterocycles. The molecule has 0 amide bonds. The first-order valence-corrected chi connectivity index (χ1v) is 6.16. The van der Waals surface area contributed by atoms with E-state index in [0.717, 1.165) is 16.5 Å². The van der Waals surface area contributed by atoms with Gasteiger partial charge in [-0.2, -0.15) is 0 Å². The summed E-state index contributed by atoms with van der Waals surface area (Å²) in [4.78, 5) is 16.2. The zero-order valence-electron chi connectivity index (χ0n) is 10.7. The third-order valence-electron chi connectivity index (χ3n) is 2.71. The van der Waals surface area contributed by atoms with E-state index in [2.05, 4.69) is 4.98 Å². The highest BCUT2D eigenvalue weighted by Crippen LogP contribution is 2.14. The molecular formula is C15H17NO2. The van der Waals surface area contributed by atoms with Gasteiger partial charge in [0.05, 0.1) is 18.2 Å². The number of ketones is 1. The summed E-state index contributed by atoms with van der Waals surface area (Å²) in [6, 6.07) is 9.43. The Morgan fingerprint density at radius 3 is 2.94 bits per heavy atom. The lowest BCUT2D eigenvalue weighted by Gasteiger charge is -2.07. The second-order valence-corrected chi connectivity index (χ2v) is 4.50. The normalized spacial score (nSPS) is 11.1. The van der Waals surface area contributed by atoms with Gasteiger partial charge in [-0.15, -0.1) is 0 Å². The van der Waals surface area contributed by atoms with Crippen LogP contribution in [0.3, 0.4) is 0 Å². The minimum Gasteiger partial charge on any atom is -0.378 e. The molecule has 0 bridgehead atoms. The fourth-order valence-electron chi connectivity index (χ4n) is 1.78. The van der Waals surface area contributed by atoms with E-state index in [4.69, 9.17) is 4.74 Å². The average molecular weight is 243 g/mol. The first-order chi connectivity index (χ1) is 8.66. The lowest BCUT2D eigenvalue weighted by atomic mass is 10.1. The van der Waals surface area contributed by atoms with Crippen molar-refractivity contribution in [1.82, 2.24) is 4.98 Å². The highest BCUT2D eigenvalue weighted by Gasteiger charge is 2.07. The maximum atomic E-state index is 12.0. The summed E-state index contributed by atoms with van der Waals surface area (Å²) >= 11 is 0. The van der Waals surface area contributed by atoms with Crippen LogP contribution >= 0.6 is 0 Å². The Balaban J connectivity index is 2.08. The lowest BCUT2D eigenvalue weighted by molar-refractivity contribution is 0.0678. The number of nitrogens with zero attached hydrogens (tertiary/aromatic N) is 1. The first-order valence-electron chi connectivity index (χ1n) is 6.16. The molecule has 0 aliphatic carbocycles. The van der Waals surface area contributed by atoms with Gasteiger partial charge in [0.25, 0.3) is 0 Å². The predicted octanol–water partition coefficient (Wildman–Crippen LogP) is 3.23.